The lowest BCUT2D eigenvalue weighted by Crippen LogP contribution is -2.15. The van der Waals surface area contributed by atoms with E-state index in [1.165, 1.54) is 19.2 Å². The Morgan fingerprint density at radius 3 is 2.52 bits per heavy atom. The largest absolute Gasteiger partial charge is 0.493 e. The van der Waals surface area contributed by atoms with Gasteiger partial charge in [0.1, 0.15) is 0 Å². The van der Waals surface area contributed by atoms with Gasteiger partial charge in [-0.25, -0.2) is 0 Å². The molecule has 1 aromatic heterocycles. The number of halogens is 3. The van der Waals surface area contributed by atoms with E-state index in [1.807, 2.05) is 0 Å². The Bertz CT molecular complexity index is 1090. The van der Waals surface area contributed by atoms with Gasteiger partial charge in [0.25, 0.3) is 0 Å². The molecule has 2 aromatic carbocycles. The van der Waals surface area contributed by atoms with Crippen LogP contribution in [0.2, 0.25) is 0 Å². The fourth-order valence-electron chi connectivity index (χ4n) is 2.77. The van der Waals surface area contributed by atoms with Gasteiger partial charge in [-0.1, -0.05) is 17.8 Å². The number of amides is 1. The number of alkyl halides is 3. The van der Waals surface area contributed by atoms with E-state index in [0.717, 1.165) is 29.5 Å². The average Bonchev–Trinajstić information content (AvgIpc) is 3.11. The van der Waals surface area contributed by atoms with Crippen LogP contribution in [0.25, 0.3) is 11.4 Å². The Hall–Kier alpha value is -3.21. The van der Waals surface area contributed by atoms with Gasteiger partial charge < -0.3 is 19.4 Å². The number of hydrogen-bond donors (Lipinski definition) is 1. The maximum Gasteiger partial charge on any atom is 0.416 e. The van der Waals surface area contributed by atoms with Crippen molar-refractivity contribution < 1.29 is 27.4 Å². The van der Waals surface area contributed by atoms with Crippen LogP contribution in [0.4, 0.5) is 18.9 Å². The topological polar surface area (TPSA) is 78.3 Å². The molecule has 0 saturated heterocycles. The highest BCUT2D eigenvalue weighted by atomic mass is 32.2. The van der Waals surface area contributed by atoms with Crippen LogP contribution in [-0.4, -0.2) is 40.6 Å². The molecule has 3 aromatic rings. The second-order valence-corrected chi connectivity index (χ2v) is 7.29. The summed E-state index contributed by atoms with van der Waals surface area (Å²) in [6.45, 7) is 0. The molecule has 0 aliphatic carbocycles. The zero-order valence-electron chi connectivity index (χ0n) is 16.9. The Labute approximate surface area is 180 Å². The molecule has 0 aliphatic rings. The van der Waals surface area contributed by atoms with E-state index in [1.54, 1.807) is 36.9 Å². The molecule has 3 rings (SSSR count). The van der Waals surface area contributed by atoms with Gasteiger partial charge in [-0.15, -0.1) is 10.2 Å². The number of hydrogen-bond acceptors (Lipinski definition) is 6. The van der Waals surface area contributed by atoms with Crippen LogP contribution < -0.4 is 14.8 Å². The van der Waals surface area contributed by atoms with Gasteiger partial charge in [-0.2, -0.15) is 13.2 Å². The summed E-state index contributed by atoms with van der Waals surface area (Å²) in [5, 5.41) is 11.2. The molecular formula is C20H19F3N4O3S. The molecule has 7 nitrogen and oxygen atoms in total. The average molecular weight is 452 g/mol. The predicted octanol–water partition coefficient (Wildman–Crippen LogP) is 4.25. The van der Waals surface area contributed by atoms with Crippen molar-refractivity contribution in [1.29, 1.82) is 0 Å². The number of nitrogens with zero attached hydrogens (tertiary/aromatic N) is 3. The highest BCUT2D eigenvalue weighted by Crippen LogP contribution is 2.33. The molecule has 1 N–H and O–H groups in total. The van der Waals surface area contributed by atoms with Gasteiger partial charge in [-0.3, -0.25) is 4.79 Å². The maximum atomic E-state index is 12.8. The monoisotopic (exact) mass is 452 g/mol. The maximum absolute atomic E-state index is 12.8. The molecule has 0 atom stereocenters. The van der Waals surface area contributed by atoms with E-state index in [-0.39, 0.29) is 11.4 Å². The summed E-state index contributed by atoms with van der Waals surface area (Å²) < 4.78 is 50.6. The summed E-state index contributed by atoms with van der Waals surface area (Å²) in [7, 11) is 4.82. The number of rotatable bonds is 7. The molecule has 0 unspecified atom stereocenters. The molecule has 0 saturated carbocycles. The smallest absolute Gasteiger partial charge is 0.416 e. The molecule has 0 bridgehead atoms. The molecule has 11 heteroatoms. The zero-order valence-corrected chi connectivity index (χ0v) is 17.7. The van der Waals surface area contributed by atoms with Crippen LogP contribution in [0.15, 0.2) is 47.6 Å². The molecule has 0 spiro atoms. The van der Waals surface area contributed by atoms with Crippen molar-refractivity contribution in [2.75, 3.05) is 25.3 Å². The van der Waals surface area contributed by atoms with Crippen LogP contribution in [0.5, 0.6) is 11.5 Å². The van der Waals surface area contributed by atoms with E-state index in [9.17, 15) is 18.0 Å². The van der Waals surface area contributed by atoms with Crippen molar-refractivity contribution in [1.82, 2.24) is 14.8 Å². The second-order valence-electron chi connectivity index (χ2n) is 6.35. The first kappa shape index (κ1) is 22.5. The first-order valence-corrected chi connectivity index (χ1v) is 9.93. The lowest BCUT2D eigenvalue weighted by molar-refractivity contribution is -0.137. The third-order valence-corrected chi connectivity index (χ3v) is 5.30. The number of methoxy groups -OCH3 is 2. The molecule has 164 valence electrons. The van der Waals surface area contributed by atoms with E-state index in [0.29, 0.717) is 22.5 Å². The minimum absolute atomic E-state index is 0.0475. The highest BCUT2D eigenvalue weighted by Gasteiger charge is 2.30. The number of carbonyl (C=O) groups is 1. The third kappa shape index (κ3) is 5.29. The molecule has 0 aliphatic heterocycles. The Morgan fingerprint density at radius 2 is 1.84 bits per heavy atom. The SMILES string of the molecule is COc1ccc(-c2nnc(SCC(=O)Nc3cccc(C(F)(F)F)c3)n2C)cc1OC. The van der Waals surface area contributed by atoms with Gasteiger partial charge in [-0.05, 0) is 36.4 Å². The van der Waals surface area contributed by atoms with E-state index in [4.69, 9.17) is 9.47 Å². The summed E-state index contributed by atoms with van der Waals surface area (Å²) in [5.74, 6) is 1.17. The fraction of sp³-hybridized carbons (Fsp3) is 0.250. The third-order valence-electron chi connectivity index (χ3n) is 4.28. The molecule has 31 heavy (non-hydrogen) atoms. The number of thioether (sulfide) groups is 1. The molecule has 1 amide bonds. The molecular weight excluding hydrogens is 433 g/mol. The Balaban J connectivity index is 1.67. The standard InChI is InChI=1S/C20H19F3N4O3S/c1-27-18(12-7-8-15(29-2)16(9-12)30-3)25-26-19(27)31-11-17(28)24-14-6-4-5-13(10-14)20(21,22)23/h4-10H,11H2,1-3H3,(H,24,28). The summed E-state index contributed by atoms with van der Waals surface area (Å²) in [6, 6.07) is 9.79. The lowest BCUT2D eigenvalue weighted by Gasteiger charge is -2.10. The first-order chi connectivity index (χ1) is 14.7. The summed E-state index contributed by atoms with van der Waals surface area (Å²) in [4.78, 5) is 12.2. The van der Waals surface area contributed by atoms with Gasteiger partial charge in [0, 0.05) is 18.3 Å². The minimum atomic E-state index is -4.48. The fourth-order valence-corrected chi connectivity index (χ4v) is 3.48. The molecule has 1 heterocycles. The molecule has 0 radical (unpaired) electrons. The number of nitrogens with one attached hydrogen (secondary N) is 1. The van der Waals surface area contributed by atoms with Crippen molar-refractivity contribution >= 4 is 23.4 Å². The first-order valence-electron chi connectivity index (χ1n) is 8.94. The number of ether oxygens (including phenoxy) is 2. The van der Waals surface area contributed by atoms with Crippen LogP contribution in [0.1, 0.15) is 5.56 Å². The highest BCUT2D eigenvalue weighted by molar-refractivity contribution is 7.99. The summed E-state index contributed by atoms with van der Waals surface area (Å²) in [5.41, 5.74) is -0.0110. The van der Waals surface area contributed by atoms with Crippen LogP contribution in [0, 0.1) is 0 Å². The van der Waals surface area contributed by atoms with E-state index < -0.39 is 17.6 Å². The van der Waals surface area contributed by atoms with Crippen molar-refractivity contribution in [3.05, 3.63) is 48.0 Å². The number of aromatic nitrogens is 3. The second kappa shape index (κ2) is 9.29. The van der Waals surface area contributed by atoms with Gasteiger partial charge in [0.2, 0.25) is 5.91 Å². The Morgan fingerprint density at radius 1 is 1.10 bits per heavy atom. The van der Waals surface area contributed by atoms with Gasteiger partial charge in [0.05, 0.1) is 25.5 Å². The van der Waals surface area contributed by atoms with Crippen LogP contribution >= 0.6 is 11.8 Å². The number of carbonyl (C=O) groups excluding carboxylic acids is 1. The predicted molar refractivity (Wildman–Crippen MR) is 110 cm³/mol. The number of anilines is 1. The van der Waals surface area contributed by atoms with Gasteiger partial charge in [0.15, 0.2) is 22.5 Å². The zero-order chi connectivity index (χ0) is 22.6. The van der Waals surface area contributed by atoms with Crippen LogP contribution in [-0.2, 0) is 18.0 Å². The van der Waals surface area contributed by atoms with E-state index >= 15 is 0 Å². The summed E-state index contributed by atoms with van der Waals surface area (Å²) in [6.07, 6.45) is -4.48. The van der Waals surface area contributed by atoms with Crippen molar-refractivity contribution in [3.63, 3.8) is 0 Å². The van der Waals surface area contributed by atoms with Crippen molar-refractivity contribution in [2.24, 2.45) is 7.05 Å². The van der Waals surface area contributed by atoms with Crippen molar-refractivity contribution in [3.8, 4) is 22.9 Å². The van der Waals surface area contributed by atoms with Crippen LogP contribution in [0.3, 0.4) is 0 Å². The normalized spacial score (nSPS) is 11.3. The quantitative estimate of drug-likeness (QED) is 0.540. The summed E-state index contributed by atoms with van der Waals surface area (Å²) >= 11 is 1.12. The van der Waals surface area contributed by atoms with Gasteiger partial charge >= 0.3 is 6.18 Å². The Kier molecular flexibility index (Phi) is 6.74. The minimum Gasteiger partial charge on any atom is -0.493 e. The van der Waals surface area contributed by atoms with Crippen molar-refractivity contribution in [2.45, 2.75) is 11.3 Å². The molecule has 0 fully saturated rings. The van der Waals surface area contributed by atoms with E-state index in [2.05, 4.69) is 15.5 Å². The lowest BCUT2D eigenvalue weighted by atomic mass is 10.2. The number of benzene rings is 2.